The Labute approximate surface area is 119 Å². The topological polar surface area (TPSA) is 82.7 Å². The van der Waals surface area contributed by atoms with Crippen LogP contribution in [0.1, 0.15) is 20.3 Å². The lowest BCUT2D eigenvalue weighted by atomic mass is 10.1. The van der Waals surface area contributed by atoms with Gasteiger partial charge in [0.1, 0.15) is 6.04 Å². The van der Waals surface area contributed by atoms with Gasteiger partial charge in [0.15, 0.2) is 0 Å². The van der Waals surface area contributed by atoms with E-state index in [2.05, 4.69) is 16.0 Å². The van der Waals surface area contributed by atoms with Crippen molar-refractivity contribution in [3.8, 4) is 0 Å². The van der Waals surface area contributed by atoms with Crippen LogP contribution < -0.4 is 16.0 Å². The summed E-state index contributed by atoms with van der Waals surface area (Å²) in [5, 5.41) is 8.94. The van der Waals surface area contributed by atoms with Crippen molar-refractivity contribution in [3.05, 3.63) is 0 Å². The van der Waals surface area contributed by atoms with Crippen molar-refractivity contribution < 1.29 is 14.3 Å². The van der Waals surface area contributed by atoms with Gasteiger partial charge >= 0.3 is 6.03 Å². The number of nitrogens with one attached hydrogen (secondary N) is 3. The van der Waals surface area contributed by atoms with E-state index < -0.39 is 0 Å². The summed E-state index contributed by atoms with van der Waals surface area (Å²) in [6, 6.07) is -0.333. The quantitative estimate of drug-likeness (QED) is 0.639. The zero-order valence-electron chi connectivity index (χ0n) is 12.1. The summed E-state index contributed by atoms with van der Waals surface area (Å²) in [7, 11) is 0. The number of hydrogen-bond acceptors (Lipinski definition) is 4. The molecule has 0 aromatic carbocycles. The van der Waals surface area contributed by atoms with Crippen LogP contribution in [0.4, 0.5) is 4.79 Å². The minimum atomic E-state index is -0.303. The number of ether oxygens (including phenoxy) is 1. The molecule has 2 aliphatic heterocycles. The Balaban J connectivity index is 1.79. The minimum absolute atomic E-state index is 0.0287. The van der Waals surface area contributed by atoms with Crippen LogP contribution in [-0.4, -0.2) is 67.8 Å². The van der Waals surface area contributed by atoms with Gasteiger partial charge in [0.25, 0.3) is 0 Å². The lowest BCUT2D eigenvalue weighted by Crippen LogP contribution is -2.57. The second-order valence-corrected chi connectivity index (χ2v) is 5.28. The van der Waals surface area contributed by atoms with E-state index in [4.69, 9.17) is 4.74 Å². The molecule has 1 unspecified atom stereocenters. The highest BCUT2D eigenvalue weighted by atomic mass is 16.5. The smallest absolute Gasteiger partial charge is 0.317 e. The molecule has 0 saturated carbocycles. The minimum Gasteiger partial charge on any atom is -0.375 e. The normalized spacial score (nSPS) is 30.1. The predicted molar refractivity (Wildman–Crippen MR) is 74.4 cm³/mol. The molecular weight excluding hydrogens is 260 g/mol. The molecule has 114 valence electrons. The fourth-order valence-electron chi connectivity index (χ4n) is 2.64. The molecule has 0 aliphatic carbocycles. The van der Waals surface area contributed by atoms with Crippen molar-refractivity contribution in [2.75, 3.05) is 32.8 Å². The highest BCUT2D eigenvalue weighted by molar-refractivity contribution is 5.83. The SMILES string of the molecule is CCNC(=O)N1CCC(NC(=O)[C@H]2NCCO[C@@H]2C)C1. The summed E-state index contributed by atoms with van der Waals surface area (Å²) in [4.78, 5) is 25.6. The number of amides is 3. The van der Waals surface area contributed by atoms with E-state index in [9.17, 15) is 9.59 Å². The van der Waals surface area contributed by atoms with Gasteiger partial charge in [0.05, 0.1) is 12.7 Å². The molecule has 2 rings (SSSR count). The number of carbonyl (C=O) groups is 2. The first-order valence-corrected chi connectivity index (χ1v) is 7.30. The van der Waals surface area contributed by atoms with Gasteiger partial charge in [-0.1, -0.05) is 0 Å². The number of urea groups is 1. The molecule has 7 heteroatoms. The largest absolute Gasteiger partial charge is 0.375 e. The van der Waals surface area contributed by atoms with E-state index in [1.807, 2.05) is 13.8 Å². The molecule has 3 amide bonds. The molecule has 0 radical (unpaired) electrons. The predicted octanol–water partition coefficient (Wildman–Crippen LogP) is -0.717. The van der Waals surface area contributed by atoms with E-state index in [1.165, 1.54) is 0 Å². The van der Waals surface area contributed by atoms with Crippen molar-refractivity contribution in [1.29, 1.82) is 0 Å². The van der Waals surface area contributed by atoms with E-state index in [0.717, 1.165) is 6.42 Å². The third-order valence-corrected chi connectivity index (χ3v) is 3.75. The summed E-state index contributed by atoms with van der Waals surface area (Å²) >= 11 is 0. The summed E-state index contributed by atoms with van der Waals surface area (Å²) in [5.74, 6) is -0.0417. The Hall–Kier alpha value is -1.34. The number of carbonyl (C=O) groups excluding carboxylic acids is 2. The summed E-state index contributed by atoms with van der Waals surface area (Å²) in [5.41, 5.74) is 0. The second-order valence-electron chi connectivity index (χ2n) is 5.28. The van der Waals surface area contributed by atoms with E-state index >= 15 is 0 Å². The number of nitrogens with zero attached hydrogens (tertiary/aromatic N) is 1. The maximum Gasteiger partial charge on any atom is 0.317 e. The van der Waals surface area contributed by atoms with Gasteiger partial charge in [-0.2, -0.15) is 0 Å². The van der Waals surface area contributed by atoms with Crippen LogP contribution in [-0.2, 0) is 9.53 Å². The molecule has 2 saturated heterocycles. The van der Waals surface area contributed by atoms with E-state index in [1.54, 1.807) is 4.90 Å². The summed E-state index contributed by atoms with van der Waals surface area (Å²) < 4.78 is 5.47. The molecular formula is C13H24N4O3. The molecule has 2 aliphatic rings. The number of morpholine rings is 1. The first-order valence-electron chi connectivity index (χ1n) is 7.30. The van der Waals surface area contributed by atoms with Gasteiger partial charge < -0.3 is 25.6 Å². The van der Waals surface area contributed by atoms with Crippen molar-refractivity contribution >= 4 is 11.9 Å². The van der Waals surface area contributed by atoms with Crippen molar-refractivity contribution in [1.82, 2.24) is 20.9 Å². The Morgan fingerprint density at radius 2 is 2.25 bits per heavy atom. The van der Waals surface area contributed by atoms with Gasteiger partial charge in [0, 0.05) is 32.2 Å². The number of likely N-dealkylation sites (tertiary alicyclic amines) is 1. The molecule has 2 fully saturated rings. The second kappa shape index (κ2) is 6.90. The molecule has 0 bridgehead atoms. The Bertz CT molecular complexity index is 364. The van der Waals surface area contributed by atoms with Crippen LogP contribution in [0.25, 0.3) is 0 Å². The average molecular weight is 284 g/mol. The molecule has 20 heavy (non-hydrogen) atoms. The van der Waals surface area contributed by atoms with E-state index in [0.29, 0.717) is 32.8 Å². The van der Waals surface area contributed by atoms with Gasteiger partial charge in [-0.15, -0.1) is 0 Å². The third kappa shape index (κ3) is 3.61. The molecule has 0 spiro atoms. The van der Waals surface area contributed by atoms with Gasteiger partial charge in [-0.25, -0.2) is 4.79 Å². The van der Waals surface area contributed by atoms with Crippen LogP contribution in [0.15, 0.2) is 0 Å². The first-order chi connectivity index (χ1) is 9.61. The number of hydrogen-bond donors (Lipinski definition) is 3. The lowest BCUT2D eigenvalue weighted by Gasteiger charge is -2.30. The molecule has 0 aromatic heterocycles. The average Bonchev–Trinajstić information content (AvgIpc) is 2.88. The maximum atomic E-state index is 12.2. The number of rotatable bonds is 3. The Morgan fingerprint density at radius 1 is 1.45 bits per heavy atom. The zero-order valence-corrected chi connectivity index (χ0v) is 12.1. The van der Waals surface area contributed by atoms with Gasteiger partial charge in [0.2, 0.25) is 5.91 Å². The first kappa shape index (κ1) is 15.1. The van der Waals surface area contributed by atoms with Gasteiger partial charge in [-0.05, 0) is 20.3 Å². The Kier molecular flexibility index (Phi) is 5.19. The van der Waals surface area contributed by atoms with Crippen LogP contribution >= 0.6 is 0 Å². The monoisotopic (exact) mass is 284 g/mol. The van der Waals surface area contributed by atoms with Crippen molar-refractivity contribution in [2.24, 2.45) is 0 Å². The Morgan fingerprint density at radius 3 is 2.95 bits per heavy atom. The summed E-state index contributed by atoms with van der Waals surface area (Å²) in [6.45, 7) is 6.99. The molecule has 7 nitrogen and oxygen atoms in total. The molecule has 0 aromatic rings. The lowest BCUT2D eigenvalue weighted by molar-refractivity contribution is -0.129. The third-order valence-electron chi connectivity index (χ3n) is 3.75. The maximum absolute atomic E-state index is 12.2. The molecule has 2 heterocycles. The zero-order chi connectivity index (χ0) is 14.5. The molecule has 3 N–H and O–H groups in total. The molecule has 3 atom stereocenters. The fourth-order valence-corrected chi connectivity index (χ4v) is 2.64. The van der Waals surface area contributed by atoms with E-state index in [-0.39, 0.29) is 30.1 Å². The van der Waals surface area contributed by atoms with Crippen LogP contribution in [0.2, 0.25) is 0 Å². The fraction of sp³-hybridized carbons (Fsp3) is 0.846. The highest BCUT2D eigenvalue weighted by Crippen LogP contribution is 2.11. The van der Waals surface area contributed by atoms with Crippen molar-refractivity contribution in [3.63, 3.8) is 0 Å². The standard InChI is InChI=1S/C13H24N4O3/c1-3-14-13(19)17-6-4-10(8-17)16-12(18)11-9(2)20-7-5-15-11/h9-11,15H,3-8H2,1-2H3,(H,14,19)(H,16,18)/t9-,10?,11+/m1/s1. The van der Waals surface area contributed by atoms with Crippen LogP contribution in [0.3, 0.4) is 0 Å². The van der Waals surface area contributed by atoms with Crippen LogP contribution in [0.5, 0.6) is 0 Å². The van der Waals surface area contributed by atoms with Gasteiger partial charge in [-0.3, -0.25) is 4.79 Å². The summed E-state index contributed by atoms with van der Waals surface area (Å²) in [6.07, 6.45) is 0.676. The van der Waals surface area contributed by atoms with Crippen molar-refractivity contribution in [2.45, 2.75) is 38.5 Å². The highest BCUT2D eigenvalue weighted by Gasteiger charge is 2.32. The van der Waals surface area contributed by atoms with Crippen LogP contribution in [0, 0.1) is 0 Å².